The summed E-state index contributed by atoms with van der Waals surface area (Å²) in [5.74, 6) is 1.49. The first-order valence-corrected chi connectivity index (χ1v) is 4.69. The third kappa shape index (κ3) is 1.42. The second kappa shape index (κ2) is 3.38. The van der Waals surface area contributed by atoms with Gasteiger partial charge in [-0.2, -0.15) is 0 Å². The van der Waals surface area contributed by atoms with Crippen LogP contribution in [0.1, 0.15) is 37.1 Å². The van der Waals surface area contributed by atoms with Crippen molar-refractivity contribution >= 4 is 0 Å². The molecule has 0 bridgehead atoms. The van der Waals surface area contributed by atoms with E-state index in [1.54, 1.807) is 0 Å². The molecule has 0 fully saturated rings. The number of fused-ring (bicyclic) bond motifs is 1. The molecule has 1 aromatic rings. The van der Waals surface area contributed by atoms with Crippen molar-refractivity contribution in [3.8, 4) is 5.88 Å². The van der Waals surface area contributed by atoms with Gasteiger partial charge in [-0.1, -0.05) is 0 Å². The van der Waals surface area contributed by atoms with E-state index >= 15 is 0 Å². The highest BCUT2D eigenvalue weighted by molar-refractivity contribution is 5.33. The molecule has 0 saturated heterocycles. The standard InChI is InChI=1S/C9H14N2O2/c1-2-12-9-8-6(10)4-3-5-7(8)13-11-9/h6H,2-5,10H2,1H3. The molecule has 0 aromatic carbocycles. The maximum atomic E-state index is 5.94. The quantitative estimate of drug-likeness (QED) is 0.751. The van der Waals surface area contributed by atoms with Crippen LogP contribution in [0, 0.1) is 0 Å². The predicted octanol–water partition coefficient (Wildman–Crippen LogP) is 1.41. The molecule has 4 nitrogen and oxygen atoms in total. The summed E-state index contributed by atoms with van der Waals surface area (Å²) in [5.41, 5.74) is 6.92. The van der Waals surface area contributed by atoms with E-state index in [1.807, 2.05) is 6.92 Å². The molecule has 1 aliphatic carbocycles. The molecule has 1 unspecified atom stereocenters. The SMILES string of the molecule is CCOc1noc2c1C(N)CCC2. The number of rotatable bonds is 2. The summed E-state index contributed by atoms with van der Waals surface area (Å²) in [6.07, 6.45) is 3.01. The monoisotopic (exact) mass is 182 g/mol. The highest BCUT2D eigenvalue weighted by Gasteiger charge is 2.26. The Morgan fingerprint density at radius 2 is 2.54 bits per heavy atom. The van der Waals surface area contributed by atoms with Crippen LogP contribution in [-0.4, -0.2) is 11.8 Å². The Hall–Kier alpha value is -1.03. The van der Waals surface area contributed by atoms with E-state index in [2.05, 4.69) is 5.16 Å². The van der Waals surface area contributed by atoms with Gasteiger partial charge in [0.05, 0.1) is 12.2 Å². The zero-order chi connectivity index (χ0) is 9.26. The van der Waals surface area contributed by atoms with Gasteiger partial charge in [-0.3, -0.25) is 0 Å². The fraction of sp³-hybridized carbons (Fsp3) is 0.667. The van der Waals surface area contributed by atoms with E-state index in [9.17, 15) is 0 Å². The van der Waals surface area contributed by atoms with Gasteiger partial charge in [0.2, 0.25) is 0 Å². The highest BCUT2D eigenvalue weighted by Crippen LogP contribution is 2.34. The average molecular weight is 182 g/mol. The van der Waals surface area contributed by atoms with E-state index in [4.69, 9.17) is 15.0 Å². The molecule has 0 radical (unpaired) electrons. The topological polar surface area (TPSA) is 61.3 Å². The number of aromatic nitrogens is 1. The molecule has 0 aliphatic heterocycles. The second-order valence-electron chi connectivity index (χ2n) is 3.26. The molecule has 1 heterocycles. The van der Waals surface area contributed by atoms with Crippen LogP contribution in [0.25, 0.3) is 0 Å². The summed E-state index contributed by atoms with van der Waals surface area (Å²) in [4.78, 5) is 0. The van der Waals surface area contributed by atoms with E-state index in [0.717, 1.165) is 30.6 Å². The van der Waals surface area contributed by atoms with E-state index < -0.39 is 0 Å². The lowest BCUT2D eigenvalue weighted by Gasteiger charge is -2.16. The van der Waals surface area contributed by atoms with Gasteiger partial charge in [0, 0.05) is 12.5 Å². The van der Waals surface area contributed by atoms with Crippen molar-refractivity contribution in [2.24, 2.45) is 5.73 Å². The molecule has 72 valence electrons. The first kappa shape index (κ1) is 8.56. The van der Waals surface area contributed by atoms with Gasteiger partial charge in [0.1, 0.15) is 5.76 Å². The van der Waals surface area contributed by atoms with Crippen LogP contribution >= 0.6 is 0 Å². The van der Waals surface area contributed by atoms with Gasteiger partial charge >= 0.3 is 0 Å². The van der Waals surface area contributed by atoms with Crippen molar-refractivity contribution in [2.75, 3.05) is 6.61 Å². The third-order valence-corrected chi connectivity index (χ3v) is 2.34. The number of nitrogens with two attached hydrogens (primary N) is 1. The maximum Gasteiger partial charge on any atom is 0.259 e. The van der Waals surface area contributed by atoms with Crippen LogP contribution < -0.4 is 10.5 Å². The molecule has 0 spiro atoms. The summed E-state index contributed by atoms with van der Waals surface area (Å²) >= 11 is 0. The first-order chi connectivity index (χ1) is 6.33. The van der Waals surface area contributed by atoms with Crippen LogP contribution in [-0.2, 0) is 6.42 Å². The second-order valence-corrected chi connectivity index (χ2v) is 3.26. The third-order valence-electron chi connectivity index (χ3n) is 2.34. The zero-order valence-electron chi connectivity index (χ0n) is 7.75. The molecule has 0 amide bonds. The molecule has 0 saturated carbocycles. The summed E-state index contributed by atoms with van der Waals surface area (Å²) in [6, 6.07) is 0.0385. The summed E-state index contributed by atoms with van der Waals surface area (Å²) < 4.78 is 10.5. The Bertz CT molecular complexity index is 296. The van der Waals surface area contributed by atoms with Crippen LogP contribution in [0.5, 0.6) is 5.88 Å². The molecule has 2 N–H and O–H groups in total. The number of ether oxygens (including phenoxy) is 1. The minimum Gasteiger partial charge on any atom is -0.476 e. The van der Waals surface area contributed by atoms with Crippen LogP contribution in [0.15, 0.2) is 4.52 Å². The highest BCUT2D eigenvalue weighted by atomic mass is 16.5. The minimum absolute atomic E-state index is 0.0385. The first-order valence-electron chi connectivity index (χ1n) is 4.69. The van der Waals surface area contributed by atoms with Crippen molar-refractivity contribution in [1.29, 1.82) is 0 Å². The normalized spacial score (nSPS) is 21.2. The Balaban J connectivity index is 2.32. The van der Waals surface area contributed by atoms with Crippen molar-refractivity contribution in [3.63, 3.8) is 0 Å². The molecule has 1 aromatic heterocycles. The molecular formula is C9H14N2O2. The lowest BCUT2D eigenvalue weighted by molar-refractivity contribution is 0.289. The van der Waals surface area contributed by atoms with Crippen molar-refractivity contribution in [3.05, 3.63) is 11.3 Å². The van der Waals surface area contributed by atoms with E-state index in [1.165, 1.54) is 0 Å². The molecule has 4 heteroatoms. The van der Waals surface area contributed by atoms with Crippen LogP contribution in [0.3, 0.4) is 0 Å². The fourth-order valence-corrected chi connectivity index (χ4v) is 1.73. The largest absolute Gasteiger partial charge is 0.476 e. The van der Waals surface area contributed by atoms with Crippen LogP contribution in [0.2, 0.25) is 0 Å². The van der Waals surface area contributed by atoms with E-state index in [-0.39, 0.29) is 6.04 Å². The van der Waals surface area contributed by atoms with Gasteiger partial charge < -0.3 is 15.0 Å². The average Bonchev–Trinajstić information content (AvgIpc) is 2.51. The lowest BCUT2D eigenvalue weighted by Crippen LogP contribution is -2.16. The van der Waals surface area contributed by atoms with Crippen molar-refractivity contribution in [2.45, 2.75) is 32.2 Å². The van der Waals surface area contributed by atoms with Gasteiger partial charge in [-0.15, -0.1) is 0 Å². The van der Waals surface area contributed by atoms with Gasteiger partial charge in [0.15, 0.2) is 0 Å². The lowest BCUT2D eigenvalue weighted by atomic mass is 9.94. The Labute approximate surface area is 77.0 Å². The van der Waals surface area contributed by atoms with Gasteiger partial charge in [0.25, 0.3) is 5.88 Å². The van der Waals surface area contributed by atoms with Crippen molar-refractivity contribution in [1.82, 2.24) is 5.16 Å². The molecule has 2 rings (SSSR count). The predicted molar refractivity (Wildman–Crippen MR) is 47.5 cm³/mol. The van der Waals surface area contributed by atoms with Crippen LogP contribution in [0.4, 0.5) is 0 Å². The zero-order valence-corrected chi connectivity index (χ0v) is 7.75. The summed E-state index contributed by atoms with van der Waals surface area (Å²) in [5, 5.41) is 3.86. The molecule has 1 aliphatic rings. The molecular weight excluding hydrogens is 168 g/mol. The van der Waals surface area contributed by atoms with E-state index in [0.29, 0.717) is 12.5 Å². The fourth-order valence-electron chi connectivity index (χ4n) is 1.73. The summed E-state index contributed by atoms with van der Waals surface area (Å²) in [6.45, 7) is 2.53. The number of aryl methyl sites for hydroxylation is 1. The Kier molecular flexibility index (Phi) is 2.22. The minimum atomic E-state index is 0.0385. The number of hydrogen-bond acceptors (Lipinski definition) is 4. The number of nitrogens with zero attached hydrogens (tertiary/aromatic N) is 1. The van der Waals surface area contributed by atoms with Crippen molar-refractivity contribution < 1.29 is 9.26 Å². The van der Waals surface area contributed by atoms with Gasteiger partial charge in [-0.25, -0.2) is 0 Å². The number of hydrogen-bond donors (Lipinski definition) is 1. The molecule has 13 heavy (non-hydrogen) atoms. The maximum absolute atomic E-state index is 5.94. The Morgan fingerprint density at radius 3 is 3.31 bits per heavy atom. The smallest absolute Gasteiger partial charge is 0.259 e. The van der Waals surface area contributed by atoms with Gasteiger partial charge in [-0.05, 0) is 24.9 Å². The molecule has 1 atom stereocenters. The summed E-state index contributed by atoms with van der Waals surface area (Å²) in [7, 11) is 0. The Morgan fingerprint density at radius 1 is 1.69 bits per heavy atom.